The number of likely N-dealkylation sites (tertiary alicyclic amines) is 1. The molecule has 39 heavy (non-hydrogen) atoms. The summed E-state index contributed by atoms with van der Waals surface area (Å²) in [6, 6.07) is 22.7. The first-order chi connectivity index (χ1) is 18.9. The molecule has 0 unspecified atom stereocenters. The first-order valence-corrected chi connectivity index (χ1v) is 13.9. The van der Waals surface area contributed by atoms with Crippen LogP contribution in [0.2, 0.25) is 0 Å². The number of aryl methyl sites for hydroxylation is 2. The van der Waals surface area contributed by atoms with Gasteiger partial charge in [-0.1, -0.05) is 54.1 Å². The highest BCUT2D eigenvalue weighted by molar-refractivity contribution is 6.04. The van der Waals surface area contributed by atoms with Crippen LogP contribution in [0.4, 0.5) is 0 Å². The van der Waals surface area contributed by atoms with E-state index in [1.807, 2.05) is 18.2 Å². The van der Waals surface area contributed by atoms with Crippen LogP contribution < -0.4 is 9.47 Å². The molecule has 3 aromatic carbocycles. The van der Waals surface area contributed by atoms with E-state index in [1.165, 1.54) is 16.7 Å². The Hall–Kier alpha value is -3.64. The van der Waals surface area contributed by atoms with E-state index in [9.17, 15) is 4.79 Å². The molecule has 0 aromatic heterocycles. The van der Waals surface area contributed by atoms with E-state index in [2.05, 4.69) is 67.3 Å². The predicted octanol–water partition coefficient (Wildman–Crippen LogP) is 5.95. The third kappa shape index (κ3) is 6.17. The van der Waals surface area contributed by atoms with Gasteiger partial charge < -0.3 is 9.47 Å². The minimum absolute atomic E-state index is 0.0270. The first-order valence-electron chi connectivity index (χ1n) is 13.9. The van der Waals surface area contributed by atoms with Crippen molar-refractivity contribution >= 4 is 11.6 Å². The number of amides is 1. The molecule has 0 N–H and O–H groups in total. The lowest BCUT2D eigenvalue weighted by Gasteiger charge is -2.33. The standard InChI is InChI=1S/C33H39N3O3/c1-23-10-12-28(24(2)18-23)30-21-31(29-13-11-27(38-3)20-32(29)39-4)36(34-30)33(37)22-35-16-14-26(15-17-35)19-25-8-6-5-7-9-25/h5-13,18,20,26,31H,14-17,19,21-22H2,1-4H3/t31-/m0/s1. The van der Waals surface area contributed by atoms with Gasteiger partial charge >= 0.3 is 0 Å². The lowest BCUT2D eigenvalue weighted by atomic mass is 9.90. The van der Waals surface area contributed by atoms with E-state index >= 15 is 0 Å². The van der Waals surface area contributed by atoms with Gasteiger partial charge in [0, 0.05) is 23.6 Å². The van der Waals surface area contributed by atoms with Crippen molar-refractivity contribution in [2.45, 2.75) is 45.6 Å². The fourth-order valence-electron chi connectivity index (χ4n) is 5.94. The molecule has 5 rings (SSSR count). The molecule has 1 atom stereocenters. The van der Waals surface area contributed by atoms with Gasteiger partial charge in [-0.25, -0.2) is 5.01 Å². The van der Waals surface area contributed by atoms with Gasteiger partial charge in [-0.15, -0.1) is 0 Å². The number of carbonyl (C=O) groups is 1. The Labute approximate surface area is 232 Å². The second-order valence-electron chi connectivity index (χ2n) is 10.8. The normalized spacial score (nSPS) is 18.2. The molecular weight excluding hydrogens is 486 g/mol. The highest BCUT2D eigenvalue weighted by Gasteiger charge is 2.36. The molecule has 0 radical (unpaired) electrons. The summed E-state index contributed by atoms with van der Waals surface area (Å²) in [7, 11) is 3.30. The summed E-state index contributed by atoms with van der Waals surface area (Å²) >= 11 is 0. The smallest absolute Gasteiger partial charge is 0.257 e. The van der Waals surface area contributed by atoms with E-state index in [0.29, 0.717) is 24.6 Å². The lowest BCUT2D eigenvalue weighted by Crippen LogP contribution is -2.42. The van der Waals surface area contributed by atoms with E-state index in [-0.39, 0.29) is 11.9 Å². The van der Waals surface area contributed by atoms with Crippen molar-refractivity contribution in [1.29, 1.82) is 0 Å². The molecule has 1 fully saturated rings. The van der Waals surface area contributed by atoms with Gasteiger partial charge in [0.2, 0.25) is 0 Å². The minimum Gasteiger partial charge on any atom is -0.497 e. The minimum atomic E-state index is -0.232. The number of benzene rings is 3. The molecule has 0 saturated carbocycles. The van der Waals surface area contributed by atoms with E-state index in [1.54, 1.807) is 19.2 Å². The van der Waals surface area contributed by atoms with Crippen LogP contribution in [0.5, 0.6) is 11.5 Å². The number of carbonyl (C=O) groups excluding carboxylic acids is 1. The van der Waals surface area contributed by atoms with Gasteiger partial charge in [0.25, 0.3) is 5.91 Å². The van der Waals surface area contributed by atoms with Gasteiger partial charge in [-0.05, 0) is 75.4 Å². The summed E-state index contributed by atoms with van der Waals surface area (Å²) in [4.78, 5) is 16.1. The van der Waals surface area contributed by atoms with Gasteiger partial charge in [0.05, 0.1) is 32.5 Å². The summed E-state index contributed by atoms with van der Waals surface area (Å²) in [6.45, 7) is 6.44. The number of nitrogens with zero attached hydrogens (tertiary/aromatic N) is 3. The highest BCUT2D eigenvalue weighted by atomic mass is 16.5. The fraction of sp³-hybridized carbons (Fsp3) is 0.394. The number of methoxy groups -OCH3 is 2. The van der Waals surface area contributed by atoms with Crippen LogP contribution in [0.3, 0.4) is 0 Å². The maximum Gasteiger partial charge on any atom is 0.257 e. The summed E-state index contributed by atoms with van der Waals surface area (Å²) in [5.74, 6) is 2.12. The zero-order chi connectivity index (χ0) is 27.4. The van der Waals surface area contributed by atoms with Crippen molar-refractivity contribution in [2.75, 3.05) is 33.9 Å². The molecular formula is C33H39N3O3. The summed E-state index contributed by atoms with van der Waals surface area (Å²) < 4.78 is 11.2. The van der Waals surface area contributed by atoms with E-state index in [0.717, 1.165) is 54.9 Å². The highest BCUT2D eigenvalue weighted by Crippen LogP contribution is 2.39. The quantitative estimate of drug-likeness (QED) is 0.365. The average molecular weight is 526 g/mol. The number of piperidine rings is 1. The van der Waals surface area contributed by atoms with Crippen molar-refractivity contribution in [3.63, 3.8) is 0 Å². The van der Waals surface area contributed by atoms with Gasteiger partial charge in [0.1, 0.15) is 11.5 Å². The maximum absolute atomic E-state index is 13.8. The number of rotatable bonds is 8. The second kappa shape index (κ2) is 12.0. The molecule has 1 saturated heterocycles. The van der Waals surface area contributed by atoms with Crippen LogP contribution >= 0.6 is 0 Å². The summed E-state index contributed by atoms with van der Waals surface area (Å²) in [6.07, 6.45) is 3.96. The number of hydrazone groups is 1. The Bertz CT molecular complexity index is 1330. The zero-order valence-corrected chi connectivity index (χ0v) is 23.5. The molecule has 2 heterocycles. The van der Waals surface area contributed by atoms with Crippen molar-refractivity contribution in [3.8, 4) is 11.5 Å². The molecule has 0 bridgehead atoms. The van der Waals surface area contributed by atoms with Crippen molar-refractivity contribution in [2.24, 2.45) is 11.0 Å². The Balaban J connectivity index is 1.34. The number of hydrogen-bond acceptors (Lipinski definition) is 5. The van der Waals surface area contributed by atoms with Crippen LogP contribution in [0, 0.1) is 19.8 Å². The molecule has 2 aliphatic heterocycles. The predicted molar refractivity (Wildman–Crippen MR) is 156 cm³/mol. The molecule has 6 nitrogen and oxygen atoms in total. The fourth-order valence-corrected chi connectivity index (χ4v) is 5.94. The van der Waals surface area contributed by atoms with Crippen LogP contribution in [0.25, 0.3) is 0 Å². The van der Waals surface area contributed by atoms with Crippen LogP contribution in [-0.2, 0) is 11.2 Å². The molecule has 0 spiro atoms. The Kier molecular flexibility index (Phi) is 8.32. The SMILES string of the molecule is COc1ccc([C@@H]2CC(c3ccc(C)cc3C)=NN2C(=O)CN2CCC(Cc3ccccc3)CC2)c(OC)c1. The molecule has 1 amide bonds. The van der Waals surface area contributed by atoms with E-state index in [4.69, 9.17) is 14.6 Å². The molecule has 204 valence electrons. The summed E-state index contributed by atoms with van der Waals surface area (Å²) in [5.41, 5.74) is 6.75. The largest absolute Gasteiger partial charge is 0.497 e. The van der Waals surface area contributed by atoms with Crippen molar-refractivity contribution in [1.82, 2.24) is 9.91 Å². The zero-order valence-electron chi connectivity index (χ0n) is 23.5. The number of ether oxygens (including phenoxy) is 2. The monoisotopic (exact) mass is 525 g/mol. The lowest BCUT2D eigenvalue weighted by molar-refractivity contribution is -0.134. The third-order valence-corrected chi connectivity index (χ3v) is 8.09. The maximum atomic E-state index is 13.8. The Morgan fingerprint density at radius 3 is 2.41 bits per heavy atom. The van der Waals surface area contributed by atoms with Gasteiger partial charge in [0.15, 0.2) is 0 Å². The first kappa shape index (κ1) is 26.9. The Morgan fingerprint density at radius 1 is 0.949 bits per heavy atom. The van der Waals surface area contributed by atoms with Crippen LogP contribution in [-0.4, -0.2) is 55.4 Å². The van der Waals surface area contributed by atoms with Crippen molar-refractivity contribution < 1.29 is 14.3 Å². The average Bonchev–Trinajstić information content (AvgIpc) is 3.39. The molecule has 2 aliphatic rings. The van der Waals surface area contributed by atoms with E-state index < -0.39 is 0 Å². The molecule has 0 aliphatic carbocycles. The Morgan fingerprint density at radius 2 is 1.72 bits per heavy atom. The second-order valence-corrected chi connectivity index (χ2v) is 10.8. The molecule has 6 heteroatoms. The van der Waals surface area contributed by atoms with Gasteiger partial charge in [-0.3, -0.25) is 9.69 Å². The van der Waals surface area contributed by atoms with Gasteiger partial charge in [-0.2, -0.15) is 5.10 Å². The topological polar surface area (TPSA) is 54.4 Å². The number of hydrogen-bond donors (Lipinski definition) is 0. The van der Waals surface area contributed by atoms with Crippen LogP contribution in [0.15, 0.2) is 71.8 Å². The van der Waals surface area contributed by atoms with Crippen LogP contribution in [0.1, 0.15) is 53.1 Å². The third-order valence-electron chi connectivity index (χ3n) is 8.09. The summed E-state index contributed by atoms with van der Waals surface area (Å²) in [5, 5.41) is 6.65. The van der Waals surface area contributed by atoms with Crippen molar-refractivity contribution in [3.05, 3.63) is 94.5 Å². The molecule has 3 aromatic rings.